The molecule has 180 valence electrons. The largest absolute Gasteiger partial charge is 0.276 e. The second kappa shape index (κ2) is 12.4. The molecule has 5 nitrogen and oxygen atoms in total. The number of unbranched alkanes of at least 4 members (excludes halogenated alkanes) is 2. The van der Waals surface area contributed by atoms with Crippen molar-refractivity contribution in [1.29, 1.82) is 0 Å². The summed E-state index contributed by atoms with van der Waals surface area (Å²) in [5.74, 6) is 0. The topological polar surface area (TPSA) is 55.2 Å². The fraction of sp³-hybridized carbons (Fsp3) is 0.423. The Labute approximate surface area is 206 Å². The van der Waals surface area contributed by atoms with E-state index in [1.165, 1.54) is 0 Å². The fourth-order valence-electron chi connectivity index (χ4n) is 4.76. The zero-order chi connectivity index (χ0) is 24.6. The highest BCUT2D eigenvalue weighted by atomic mass is 32.2. The first-order valence-electron chi connectivity index (χ1n) is 12.5. The molecule has 8 heteroatoms. The van der Waals surface area contributed by atoms with Crippen LogP contribution >= 0.6 is 0 Å². The molecule has 0 saturated heterocycles. The summed E-state index contributed by atoms with van der Waals surface area (Å²) >= 11 is 0. The lowest BCUT2D eigenvalue weighted by Crippen LogP contribution is -2.52. The third-order valence-electron chi connectivity index (χ3n) is 6.44. The normalized spacial score (nSPS) is 12.6. The van der Waals surface area contributed by atoms with E-state index >= 15 is 0 Å². The Morgan fingerprint density at radius 1 is 0.882 bits per heavy atom. The number of nitrogens with zero attached hydrogens (tertiary/aromatic N) is 3. The second-order valence-corrected chi connectivity index (χ2v) is 11.2. The average Bonchev–Trinajstić information content (AvgIpc) is 3.32. The molecule has 2 aromatic carbocycles. The number of sulfonamides is 1. The van der Waals surface area contributed by atoms with E-state index in [-0.39, 0.29) is 24.8 Å². The average molecular weight is 477 g/mol. The smallest absolute Gasteiger partial charge is 0.240 e. The van der Waals surface area contributed by atoms with Gasteiger partial charge in [0, 0.05) is 0 Å². The highest BCUT2D eigenvalue weighted by Gasteiger charge is 2.38. The summed E-state index contributed by atoms with van der Waals surface area (Å²) in [6.07, 6.45) is 7.18. The third-order valence-corrected chi connectivity index (χ3v) is 8.56. The van der Waals surface area contributed by atoms with Gasteiger partial charge in [-0.05, 0) is 32.1 Å². The lowest BCUT2D eigenvalue weighted by atomic mass is 9.48. The Kier molecular flexibility index (Phi) is 9.60. The van der Waals surface area contributed by atoms with Crippen LogP contribution in [0.1, 0.15) is 56.7 Å². The van der Waals surface area contributed by atoms with Crippen LogP contribution in [0.15, 0.2) is 78.0 Å². The van der Waals surface area contributed by atoms with E-state index in [9.17, 15) is 8.42 Å². The van der Waals surface area contributed by atoms with Crippen molar-refractivity contribution >= 4 is 23.7 Å². The zero-order valence-electron chi connectivity index (χ0n) is 21.0. The van der Waals surface area contributed by atoms with Gasteiger partial charge in [0.1, 0.15) is 0 Å². The monoisotopic (exact) mass is 477 g/mol. The van der Waals surface area contributed by atoms with Gasteiger partial charge >= 0.3 is 0 Å². The molecule has 0 spiro atoms. The first-order valence-corrected chi connectivity index (χ1v) is 13.9. The van der Waals surface area contributed by atoms with Crippen molar-refractivity contribution in [3.05, 3.63) is 84.1 Å². The molecule has 0 fully saturated rings. The van der Waals surface area contributed by atoms with E-state index in [1.54, 1.807) is 21.1 Å². The number of benzene rings is 2. The Morgan fingerprint density at radius 2 is 1.41 bits per heavy atom. The van der Waals surface area contributed by atoms with Crippen LogP contribution in [0.3, 0.4) is 0 Å². The van der Waals surface area contributed by atoms with Crippen LogP contribution in [0.5, 0.6) is 0 Å². The van der Waals surface area contributed by atoms with E-state index in [1.807, 2.05) is 50.0 Å². The summed E-state index contributed by atoms with van der Waals surface area (Å²) in [6, 6.07) is 21.9. The van der Waals surface area contributed by atoms with Gasteiger partial charge in [0.25, 0.3) is 0 Å². The Morgan fingerprint density at radius 3 is 1.91 bits per heavy atom. The van der Waals surface area contributed by atoms with Gasteiger partial charge in [-0.2, -0.15) is 5.10 Å². The summed E-state index contributed by atoms with van der Waals surface area (Å²) in [6.45, 7) is 7.85. The van der Waals surface area contributed by atoms with Crippen LogP contribution in [0, 0.1) is 0 Å². The molecule has 0 bridgehead atoms. The third kappa shape index (κ3) is 6.63. The molecule has 0 aliphatic carbocycles. The Bertz CT molecular complexity index is 1060. The minimum Gasteiger partial charge on any atom is -0.276 e. The number of hydrogen-bond donors (Lipinski definition) is 0. The van der Waals surface area contributed by atoms with Crippen LogP contribution in [-0.2, 0) is 22.7 Å². The summed E-state index contributed by atoms with van der Waals surface area (Å²) in [7, 11) is -3.77. The lowest BCUT2D eigenvalue weighted by molar-refractivity contribution is 0.405. The number of rotatable bonds is 13. The van der Waals surface area contributed by atoms with Crippen molar-refractivity contribution in [3.8, 4) is 0 Å². The molecule has 0 aliphatic heterocycles. The van der Waals surface area contributed by atoms with E-state index in [4.69, 9.17) is 0 Å². The summed E-state index contributed by atoms with van der Waals surface area (Å²) in [5.41, 5.74) is 2.26. The van der Waals surface area contributed by atoms with Crippen molar-refractivity contribution < 1.29 is 8.42 Å². The first kappa shape index (κ1) is 26.3. The standard InChI is InChI=1S/C26H37B2N3O2S/c1-5-6-9-14-23(2)30-26(19-20-29-30)34(32,33)31(27(3)21-24-15-10-7-11-16-24)28(4)22-25-17-12-8-13-18-25/h7-8,10-13,15-20,23H,5-6,9,14,21-22H2,1-4H3. The van der Waals surface area contributed by atoms with Gasteiger partial charge < -0.3 is 0 Å². The van der Waals surface area contributed by atoms with Crippen LogP contribution in [0.4, 0.5) is 0 Å². The number of hydrogen-bond acceptors (Lipinski definition) is 3. The predicted octanol–water partition coefficient (Wildman–Crippen LogP) is 5.82. The predicted molar refractivity (Wildman–Crippen MR) is 144 cm³/mol. The van der Waals surface area contributed by atoms with Gasteiger partial charge in [0.05, 0.1) is 12.2 Å². The molecule has 3 rings (SSSR count). The van der Waals surface area contributed by atoms with E-state index in [0.717, 1.165) is 36.8 Å². The Hall–Kier alpha value is -2.31. The molecule has 1 atom stereocenters. The molecule has 1 heterocycles. The molecule has 34 heavy (non-hydrogen) atoms. The van der Waals surface area contributed by atoms with Crippen molar-refractivity contribution in [2.45, 2.75) is 76.9 Å². The van der Waals surface area contributed by atoms with E-state index < -0.39 is 10.0 Å². The van der Waals surface area contributed by atoms with Gasteiger partial charge in [-0.3, -0.25) is 8.81 Å². The van der Waals surface area contributed by atoms with Gasteiger partial charge in [0.15, 0.2) is 5.03 Å². The van der Waals surface area contributed by atoms with Gasteiger partial charge in [0.2, 0.25) is 23.7 Å². The van der Waals surface area contributed by atoms with E-state index in [0.29, 0.717) is 12.6 Å². The SMILES string of the molecule is CCCCCC(C)n1nccc1S(=O)(=O)N(B(C)Cc1ccccc1)B(C)Cc1ccccc1. The van der Waals surface area contributed by atoms with Gasteiger partial charge in [-0.1, -0.05) is 112 Å². The zero-order valence-corrected chi connectivity index (χ0v) is 21.8. The Balaban J connectivity index is 1.93. The van der Waals surface area contributed by atoms with Gasteiger partial charge in [-0.15, -0.1) is 0 Å². The molecule has 0 radical (unpaired) electrons. The molecular weight excluding hydrogens is 440 g/mol. The molecule has 0 aliphatic rings. The maximum Gasteiger partial charge on any atom is 0.240 e. The maximum absolute atomic E-state index is 14.2. The molecule has 0 amide bonds. The summed E-state index contributed by atoms with van der Waals surface area (Å²) in [4.78, 5) is 0. The van der Waals surface area contributed by atoms with Gasteiger partial charge in [-0.25, -0.2) is 8.42 Å². The van der Waals surface area contributed by atoms with E-state index in [2.05, 4.69) is 43.2 Å². The van der Waals surface area contributed by atoms with Crippen molar-refractivity contribution in [3.63, 3.8) is 0 Å². The molecule has 1 aromatic heterocycles. The highest BCUT2D eigenvalue weighted by Crippen LogP contribution is 2.25. The lowest BCUT2D eigenvalue weighted by Gasteiger charge is -2.32. The van der Waals surface area contributed by atoms with Crippen LogP contribution in [0.25, 0.3) is 0 Å². The number of aromatic nitrogens is 2. The molecule has 3 aromatic rings. The minimum absolute atomic E-state index is 0.0297. The van der Waals surface area contributed by atoms with Crippen molar-refractivity contribution in [2.75, 3.05) is 0 Å². The summed E-state index contributed by atoms with van der Waals surface area (Å²) < 4.78 is 31.8. The van der Waals surface area contributed by atoms with Crippen molar-refractivity contribution in [1.82, 2.24) is 13.9 Å². The second-order valence-electron chi connectivity index (χ2n) is 9.37. The molecule has 1 unspecified atom stereocenters. The molecular formula is C26H37B2N3O2S. The molecule has 0 saturated carbocycles. The van der Waals surface area contributed by atoms with Crippen LogP contribution in [0.2, 0.25) is 13.6 Å². The minimum atomic E-state index is -3.77. The quantitative estimate of drug-likeness (QED) is 0.230. The van der Waals surface area contributed by atoms with Crippen LogP contribution in [-0.4, -0.2) is 36.0 Å². The van der Waals surface area contributed by atoms with Crippen molar-refractivity contribution in [2.24, 2.45) is 0 Å². The highest BCUT2D eigenvalue weighted by molar-refractivity contribution is 7.91. The maximum atomic E-state index is 14.2. The summed E-state index contributed by atoms with van der Waals surface area (Å²) in [5, 5.41) is 4.73. The van der Waals surface area contributed by atoms with Crippen LogP contribution < -0.4 is 0 Å². The molecule has 0 N–H and O–H groups in total. The fourth-order valence-corrected chi connectivity index (χ4v) is 6.76. The first-order chi connectivity index (χ1) is 16.3.